The summed E-state index contributed by atoms with van der Waals surface area (Å²) in [5, 5.41) is 3.38. The van der Waals surface area contributed by atoms with E-state index in [1.807, 2.05) is 0 Å². The van der Waals surface area contributed by atoms with Gasteiger partial charge >= 0.3 is 5.69 Å². The molecule has 2 aromatic rings. The predicted octanol–water partition coefficient (Wildman–Crippen LogP) is 2.02. The van der Waals surface area contributed by atoms with Crippen molar-refractivity contribution in [3.8, 4) is 0 Å². The summed E-state index contributed by atoms with van der Waals surface area (Å²) in [5.74, 6) is -0.182. The number of carbonyl (C=O) groups excluding carboxylic acids is 1. The van der Waals surface area contributed by atoms with Crippen molar-refractivity contribution in [2.45, 2.75) is 51.0 Å². The normalized spacial score (nSPS) is 18.6. The van der Waals surface area contributed by atoms with E-state index >= 15 is 0 Å². The Labute approximate surface area is 163 Å². The van der Waals surface area contributed by atoms with Gasteiger partial charge in [-0.25, -0.2) is 4.79 Å². The molecule has 0 spiro atoms. The first-order valence-electron chi connectivity index (χ1n) is 10.4. The van der Waals surface area contributed by atoms with Crippen LogP contribution in [0.3, 0.4) is 0 Å². The number of nitrogens with one attached hydrogen (secondary N) is 2. The van der Waals surface area contributed by atoms with E-state index in [0.717, 1.165) is 51.7 Å². The molecule has 28 heavy (non-hydrogen) atoms. The zero-order valence-corrected chi connectivity index (χ0v) is 16.2. The Hall–Kier alpha value is -2.41. The molecule has 0 bridgehead atoms. The molecular weight excluding hydrogens is 356 g/mol. The van der Waals surface area contributed by atoms with E-state index in [4.69, 9.17) is 0 Å². The quantitative estimate of drug-likeness (QED) is 0.826. The molecule has 1 aromatic carbocycles. The van der Waals surface area contributed by atoms with Crippen molar-refractivity contribution < 1.29 is 4.79 Å². The summed E-state index contributed by atoms with van der Waals surface area (Å²) >= 11 is 0. The first kappa shape index (κ1) is 18.9. The molecule has 1 aliphatic heterocycles. The van der Waals surface area contributed by atoms with Gasteiger partial charge in [-0.3, -0.25) is 14.2 Å². The van der Waals surface area contributed by atoms with Gasteiger partial charge in [-0.2, -0.15) is 0 Å². The van der Waals surface area contributed by atoms with Crippen LogP contribution in [0.15, 0.2) is 27.8 Å². The molecule has 0 atom stereocenters. The average molecular weight is 384 g/mol. The summed E-state index contributed by atoms with van der Waals surface area (Å²) in [5.41, 5.74) is 0.247. The van der Waals surface area contributed by atoms with Crippen molar-refractivity contribution in [2.24, 2.45) is 0 Å². The van der Waals surface area contributed by atoms with Crippen LogP contribution in [-0.4, -0.2) is 46.5 Å². The largest absolute Gasteiger partial charge is 0.351 e. The number of amides is 1. The van der Waals surface area contributed by atoms with Gasteiger partial charge in [-0.1, -0.05) is 19.3 Å². The van der Waals surface area contributed by atoms with Crippen LogP contribution in [0, 0.1) is 0 Å². The van der Waals surface area contributed by atoms with E-state index in [9.17, 15) is 14.4 Å². The average Bonchev–Trinajstić information content (AvgIpc) is 3.22. The van der Waals surface area contributed by atoms with E-state index < -0.39 is 0 Å². The number of fused-ring (bicyclic) bond motifs is 1. The fraction of sp³-hybridized carbons (Fsp3) is 0.571. The van der Waals surface area contributed by atoms with Gasteiger partial charge in [0.25, 0.3) is 11.5 Å². The van der Waals surface area contributed by atoms with Crippen LogP contribution in [0.4, 0.5) is 0 Å². The van der Waals surface area contributed by atoms with Crippen LogP contribution in [0.5, 0.6) is 0 Å². The number of carbonyl (C=O) groups is 1. The lowest BCUT2D eigenvalue weighted by Gasteiger charge is -2.23. The number of rotatable bonds is 5. The van der Waals surface area contributed by atoms with Crippen LogP contribution in [0.1, 0.15) is 61.3 Å². The number of aromatic nitrogens is 2. The minimum absolute atomic E-state index is 0.0250. The standard InChI is InChI=1S/C21H28N4O3/c26-19(22-10-13-24-11-4-5-12-24)15-8-9-17-18(14-15)23-21(28)25(20(17)27)16-6-2-1-3-7-16/h8-9,14,16H,1-7,10-13H2,(H,22,26)(H,23,28). The van der Waals surface area contributed by atoms with E-state index in [-0.39, 0.29) is 23.2 Å². The van der Waals surface area contributed by atoms with Crippen LogP contribution >= 0.6 is 0 Å². The molecule has 1 saturated carbocycles. The monoisotopic (exact) mass is 384 g/mol. The molecule has 0 radical (unpaired) electrons. The Kier molecular flexibility index (Phi) is 5.62. The number of hydrogen-bond acceptors (Lipinski definition) is 4. The molecular formula is C21H28N4O3. The van der Waals surface area contributed by atoms with Crippen LogP contribution in [0.25, 0.3) is 10.9 Å². The summed E-state index contributed by atoms with van der Waals surface area (Å²) < 4.78 is 1.37. The highest BCUT2D eigenvalue weighted by atomic mass is 16.2. The molecule has 1 aromatic heterocycles. The van der Waals surface area contributed by atoms with Gasteiger partial charge in [-0.15, -0.1) is 0 Å². The molecule has 1 saturated heterocycles. The molecule has 2 fully saturated rings. The summed E-state index contributed by atoms with van der Waals surface area (Å²) in [6.07, 6.45) is 7.44. The topological polar surface area (TPSA) is 87.2 Å². The number of hydrogen-bond donors (Lipinski definition) is 2. The zero-order valence-electron chi connectivity index (χ0n) is 16.2. The number of H-pyrrole nitrogens is 1. The lowest BCUT2D eigenvalue weighted by Crippen LogP contribution is -2.39. The zero-order chi connectivity index (χ0) is 19.5. The second-order valence-corrected chi connectivity index (χ2v) is 7.96. The third kappa shape index (κ3) is 3.90. The number of likely N-dealkylation sites (tertiary alicyclic amines) is 1. The molecule has 150 valence electrons. The van der Waals surface area contributed by atoms with Gasteiger partial charge in [-0.05, 0) is 57.0 Å². The Bertz CT molecular complexity index is 966. The first-order chi connectivity index (χ1) is 13.6. The van der Waals surface area contributed by atoms with Crippen molar-refractivity contribution >= 4 is 16.8 Å². The van der Waals surface area contributed by atoms with Gasteiger partial charge in [0.1, 0.15) is 0 Å². The van der Waals surface area contributed by atoms with Gasteiger partial charge in [0, 0.05) is 24.7 Å². The van der Waals surface area contributed by atoms with Gasteiger partial charge in [0.15, 0.2) is 0 Å². The molecule has 2 aliphatic rings. The lowest BCUT2D eigenvalue weighted by molar-refractivity contribution is 0.0950. The molecule has 2 N–H and O–H groups in total. The van der Waals surface area contributed by atoms with Crippen molar-refractivity contribution in [1.82, 2.24) is 19.8 Å². The Balaban J connectivity index is 1.53. The van der Waals surface area contributed by atoms with Gasteiger partial charge in [0.2, 0.25) is 0 Å². The summed E-state index contributed by atoms with van der Waals surface area (Å²) in [6.45, 7) is 3.64. The second kappa shape index (κ2) is 8.31. The van der Waals surface area contributed by atoms with E-state index in [1.54, 1.807) is 18.2 Å². The van der Waals surface area contributed by atoms with Crippen molar-refractivity contribution in [1.29, 1.82) is 0 Å². The number of aromatic amines is 1. The van der Waals surface area contributed by atoms with Gasteiger partial charge in [0.05, 0.1) is 10.9 Å². The lowest BCUT2D eigenvalue weighted by atomic mass is 9.95. The third-order valence-electron chi connectivity index (χ3n) is 6.04. The van der Waals surface area contributed by atoms with Crippen molar-refractivity contribution in [3.05, 3.63) is 44.6 Å². The summed E-state index contributed by atoms with van der Waals surface area (Å²) in [4.78, 5) is 43.0. The highest BCUT2D eigenvalue weighted by Gasteiger charge is 2.20. The molecule has 2 heterocycles. The van der Waals surface area contributed by atoms with Crippen LogP contribution in [-0.2, 0) is 0 Å². The van der Waals surface area contributed by atoms with E-state index in [1.165, 1.54) is 17.4 Å². The maximum atomic E-state index is 12.9. The van der Waals surface area contributed by atoms with Crippen LogP contribution < -0.4 is 16.6 Å². The fourth-order valence-corrected chi connectivity index (χ4v) is 4.48. The van der Waals surface area contributed by atoms with E-state index in [2.05, 4.69) is 15.2 Å². The molecule has 1 amide bonds. The van der Waals surface area contributed by atoms with Crippen LogP contribution in [0.2, 0.25) is 0 Å². The molecule has 0 unspecified atom stereocenters. The Morgan fingerprint density at radius 2 is 1.82 bits per heavy atom. The minimum atomic E-state index is -0.379. The highest BCUT2D eigenvalue weighted by molar-refractivity contribution is 5.97. The maximum Gasteiger partial charge on any atom is 0.329 e. The summed E-state index contributed by atoms with van der Waals surface area (Å²) in [6, 6.07) is 4.90. The Morgan fingerprint density at radius 1 is 1.07 bits per heavy atom. The van der Waals surface area contributed by atoms with E-state index in [0.29, 0.717) is 23.0 Å². The molecule has 1 aliphatic carbocycles. The molecule has 4 rings (SSSR count). The predicted molar refractivity (Wildman–Crippen MR) is 109 cm³/mol. The SMILES string of the molecule is O=C(NCCN1CCCC1)c1ccc2c(=O)n(C3CCCCC3)c(=O)[nH]c2c1. The third-order valence-corrected chi connectivity index (χ3v) is 6.04. The smallest absolute Gasteiger partial charge is 0.329 e. The molecule has 7 nitrogen and oxygen atoms in total. The highest BCUT2D eigenvalue weighted by Crippen LogP contribution is 2.26. The number of benzene rings is 1. The van der Waals surface area contributed by atoms with Crippen molar-refractivity contribution in [3.63, 3.8) is 0 Å². The molecule has 7 heteroatoms. The summed E-state index contributed by atoms with van der Waals surface area (Å²) in [7, 11) is 0. The maximum absolute atomic E-state index is 12.9. The second-order valence-electron chi connectivity index (χ2n) is 7.96. The Morgan fingerprint density at radius 3 is 2.57 bits per heavy atom. The minimum Gasteiger partial charge on any atom is -0.351 e. The fourth-order valence-electron chi connectivity index (χ4n) is 4.48. The number of nitrogens with zero attached hydrogens (tertiary/aromatic N) is 2. The van der Waals surface area contributed by atoms with Crippen molar-refractivity contribution in [2.75, 3.05) is 26.2 Å². The first-order valence-corrected chi connectivity index (χ1v) is 10.4. The van der Waals surface area contributed by atoms with Gasteiger partial charge < -0.3 is 15.2 Å².